The summed E-state index contributed by atoms with van der Waals surface area (Å²) in [5.74, 6) is 0.253. The predicted octanol–water partition coefficient (Wildman–Crippen LogP) is 5.46. The molecular weight excluding hydrogens is 366 g/mol. The number of nitrogens with zero attached hydrogens (tertiary/aromatic N) is 3. The quantitative estimate of drug-likeness (QED) is 0.599. The van der Waals surface area contributed by atoms with Crippen LogP contribution in [0.15, 0.2) is 42.6 Å². The summed E-state index contributed by atoms with van der Waals surface area (Å²) >= 11 is 7.62. The maximum absolute atomic E-state index is 13.3. The molecule has 3 aromatic rings. The average molecular weight is 386 g/mol. The minimum Gasteiger partial charge on any atom is -0.282 e. The van der Waals surface area contributed by atoms with E-state index in [-0.39, 0.29) is 11.8 Å². The zero-order valence-electron chi connectivity index (χ0n) is 14.4. The number of fused-ring (bicyclic) bond motifs is 1. The van der Waals surface area contributed by atoms with Crippen LogP contribution in [0.4, 0.5) is 5.13 Å². The number of carbonyl (C=O) groups is 1. The number of amides is 1. The van der Waals surface area contributed by atoms with Crippen molar-refractivity contribution < 1.29 is 4.79 Å². The first-order valence-electron chi connectivity index (χ1n) is 8.98. The molecule has 26 heavy (non-hydrogen) atoms. The molecule has 4 rings (SSSR count). The number of halogens is 1. The van der Waals surface area contributed by atoms with E-state index < -0.39 is 0 Å². The molecule has 1 aliphatic carbocycles. The van der Waals surface area contributed by atoms with Gasteiger partial charge in [0.25, 0.3) is 0 Å². The third kappa shape index (κ3) is 3.74. The zero-order valence-corrected chi connectivity index (χ0v) is 16.0. The van der Waals surface area contributed by atoms with Crippen LogP contribution >= 0.6 is 22.9 Å². The van der Waals surface area contributed by atoms with Gasteiger partial charge in [0.1, 0.15) is 0 Å². The molecule has 1 saturated carbocycles. The third-order valence-corrected chi connectivity index (χ3v) is 6.11. The summed E-state index contributed by atoms with van der Waals surface area (Å²) in [7, 11) is 0. The minimum absolute atomic E-state index is 0.0862. The first kappa shape index (κ1) is 17.4. The number of pyridine rings is 1. The summed E-state index contributed by atoms with van der Waals surface area (Å²) in [4.78, 5) is 24.2. The fourth-order valence-corrected chi connectivity index (χ4v) is 4.71. The Labute approximate surface area is 161 Å². The van der Waals surface area contributed by atoms with E-state index in [1.54, 1.807) is 6.20 Å². The second-order valence-electron chi connectivity index (χ2n) is 6.69. The molecule has 0 aliphatic heterocycles. The maximum Gasteiger partial charge on any atom is 0.232 e. The van der Waals surface area contributed by atoms with E-state index >= 15 is 0 Å². The molecule has 1 fully saturated rings. The molecule has 1 aliphatic rings. The number of anilines is 1. The second kappa shape index (κ2) is 7.72. The molecule has 0 unspecified atom stereocenters. The van der Waals surface area contributed by atoms with Crippen molar-refractivity contribution in [2.75, 3.05) is 4.90 Å². The molecule has 1 aromatic carbocycles. The topological polar surface area (TPSA) is 46.1 Å². The molecule has 0 spiro atoms. The minimum atomic E-state index is 0.0862. The zero-order chi connectivity index (χ0) is 17.9. The summed E-state index contributed by atoms with van der Waals surface area (Å²) in [6.45, 7) is 0.448. The van der Waals surface area contributed by atoms with Gasteiger partial charge in [-0.2, -0.15) is 0 Å². The van der Waals surface area contributed by atoms with E-state index in [1.807, 2.05) is 41.3 Å². The lowest BCUT2D eigenvalue weighted by Gasteiger charge is -2.27. The van der Waals surface area contributed by atoms with E-state index in [4.69, 9.17) is 16.6 Å². The highest BCUT2D eigenvalue weighted by Crippen LogP contribution is 2.34. The standard InChI is InChI=1S/C20H20ClN3OS/c21-15-9-10-17-18(12-15)26-20(23-17)24(13-16-8-4-5-11-22-16)19(25)14-6-2-1-3-7-14/h4-5,8-12,14H,1-3,6-7,13H2. The van der Waals surface area contributed by atoms with Crippen LogP contribution in [0.1, 0.15) is 37.8 Å². The summed E-state index contributed by atoms with van der Waals surface area (Å²) in [5, 5.41) is 1.41. The molecule has 0 atom stereocenters. The van der Waals surface area contributed by atoms with Crippen LogP contribution in [0.5, 0.6) is 0 Å². The van der Waals surface area contributed by atoms with Crippen LogP contribution in [-0.2, 0) is 11.3 Å². The molecule has 0 radical (unpaired) electrons. The highest BCUT2D eigenvalue weighted by molar-refractivity contribution is 7.22. The summed E-state index contributed by atoms with van der Waals surface area (Å²) < 4.78 is 0.995. The van der Waals surface area contributed by atoms with Crippen LogP contribution in [-0.4, -0.2) is 15.9 Å². The van der Waals surface area contributed by atoms with Gasteiger partial charge < -0.3 is 0 Å². The Morgan fingerprint density at radius 1 is 1.19 bits per heavy atom. The van der Waals surface area contributed by atoms with Crippen molar-refractivity contribution in [2.45, 2.75) is 38.6 Å². The number of hydrogen-bond acceptors (Lipinski definition) is 4. The number of thiazole rings is 1. The van der Waals surface area contributed by atoms with Crippen molar-refractivity contribution in [3.63, 3.8) is 0 Å². The molecule has 4 nitrogen and oxygen atoms in total. The Hall–Kier alpha value is -1.98. The van der Waals surface area contributed by atoms with Crippen LogP contribution in [0, 0.1) is 5.92 Å². The van der Waals surface area contributed by atoms with Gasteiger partial charge >= 0.3 is 0 Å². The number of carbonyl (C=O) groups excluding carboxylic acids is 1. The lowest BCUT2D eigenvalue weighted by atomic mass is 9.88. The van der Waals surface area contributed by atoms with E-state index in [2.05, 4.69) is 4.98 Å². The van der Waals surface area contributed by atoms with Crippen molar-refractivity contribution >= 4 is 44.2 Å². The van der Waals surface area contributed by atoms with Gasteiger partial charge in [-0.15, -0.1) is 0 Å². The van der Waals surface area contributed by atoms with Gasteiger partial charge in [0.15, 0.2) is 5.13 Å². The molecule has 134 valence electrons. The smallest absolute Gasteiger partial charge is 0.232 e. The van der Waals surface area contributed by atoms with Crippen molar-refractivity contribution in [3.8, 4) is 0 Å². The van der Waals surface area contributed by atoms with Crippen molar-refractivity contribution in [3.05, 3.63) is 53.3 Å². The molecule has 6 heteroatoms. The summed E-state index contributed by atoms with van der Waals surface area (Å²) in [6, 6.07) is 11.4. The Morgan fingerprint density at radius 2 is 2.04 bits per heavy atom. The number of aromatic nitrogens is 2. The van der Waals surface area contributed by atoms with Gasteiger partial charge in [-0.05, 0) is 43.2 Å². The monoisotopic (exact) mass is 385 g/mol. The SMILES string of the molecule is O=C(C1CCCCC1)N(Cc1ccccn1)c1nc2ccc(Cl)cc2s1. The summed E-state index contributed by atoms with van der Waals surface area (Å²) in [6.07, 6.45) is 7.18. The lowest BCUT2D eigenvalue weighted by Crippen LogP contribution is -2.36. The molecule has 2 heterocycles. The first-order chi connectivity index (χ1) is 12.7. The second-order valence-corrected chi connectivity index (χ2v) is 8.13. The summed E-state index contributed by atoms with van der Waals surface area (Å²) in [5.41, 5.74) is 1.74. The Kier molecular flexibility index (Phi) is 5.18. The Morgan fingerprint density at radius 3 is 2.81 bits per heavy atom. The highest BCUT2D eigenvalue weighted by atomic mass is 35.5. The van der Waals surface area contributed by atoms with E-state index in [0.717, 1.165) is 46.7 Å². The lowest BCUT2D eigenvalue weighted by molar-refractivity contribution is -0.123. The molecule has 0 saturated heterocycles. The van der Waals surface area contributed by atoms with E-state index in [0.29, 0.717) is 11.6 Å². The van der Waals surface area contributed by atoms with Crippen LogP contribution in [0.2, 0.25) is 5.02 Å². The predicted molar refractivity (Wildman–Crippen MR) is 107 cm³/mol. The molecular formula is C20H20ClN3OS. The van der Waals surface area contributed by atoms with Gasteiger partial charge in [0.2, 0.25) is 5.91 Å². The average Bonchev–Trinajstić information content (AvgIpc) is 3.10. The number of benzene rings is 1. The Balaban J connectivity index is 1.69. The Bertz CT molecular complexity index is 906. The maximum atomic E-state index is 13.3. The van der Waals surface area contributed by atoms with Gasteiger partial charge in [0.05, 0.1) is 22.5 Å². The van der Waals surface area contributed by atoms with Crippen LogP contribution in [0.25, 0.3) is 10.2 Å². The van der Waals surface area contributed by atoms with Crippen molar-refractivity contribution in [2.24, 2.45) is 5.92 Å². The van der Waals surface area contributed by atoms with Gasteiger partial charge in [-0.3, -0.25) is 14.7 Å². The van der Waals surface area contributed by atoms with Gasteiger partial charge in [-0.25, -0.2) is 4.98 Å². The fourth-order valence-electron chi connectivity index (χ4n) is 3.47. The molecule has 1 amide bonds. The number of rotatable bonds is 4. The molecule has 2 aromatic heterocycles. The van der Waals surface area contributed by atoms with E-state index in [1.165, 1.54) is 17.8 Å². The third-order valence-electron chi connectivity index (χ3n) is 4.84. The van der Waals surface area contributed by atoms with Crippen LogP contribution < -0.4 is 4.90 Å². The molecule has 0 bridgehead atoms. The number of hydrogen-bond donors (Lipinski definition) is 0. The van der Waals surface area contributed by atoms with Crippen molar-refractivity contribution in [1.29, 1.82) is 0 Å². The van der Waals surface area contributed by atoms with Gasteiger partial charge in [-0.1, -0.05) is 48.3 Å². The molecule has 0 N–H and O–H groups in total. The van der Waals surface area contributed by atoms with Crippen LogP contribution in [0.3, 0.4) is 0 Å². The highest BCUT2D eigenvalue weighted by Gasteiger charge is 2.29. The normalized spacial score (nSPS) is 15.3. The van der Waals surface area contributed by atoms with Crippen molar-refractivity contribution in [1.82, 2.24) is 9.97 Å². The van der Waals surface area contributed by atoms with Gasteiger partial charge in [0, 0.05) is 17.1 Å². The largest absolute Gasteiger partial charge is 0.282 e. The fraction of sp³-hybridized carbons (Fsp3) is 0.350. The van der Waals surface area contributed by atoms with E-state index in [9.17, 15) is 4.79 Å². The first-order valence-corrected chi connectivity index (χ1v) is 10.2.